The minimum Gasteiger partial charge on any atom is -0.462 e. The van der Waals surface area contributed by atoms with Gasteiger partial charge in [0.15, 0.2) is 0 Å². The van der Waals surface area contributed by atoms with Crippen molar-refractivity contribution < 1.29 is 28.5 Å². The summed E-state index contributed by atoms with van der Waals surface area (Å²) in [5.41, 5.74) is 1.05. The van der Waals surface area contributed by atoms with Crippen molar-refractivity contribution in [3.05, 3.63) is 71.8 Å². The molecular weight excluding hydrogens is 360 g/mol. The standard InChI is InChI=1S/C22H22O6/c23-21(15-7-3-1-4-8-15)27-13-17-11-25-20-18(12-26-19(17)20)14-28-22(24)16-9-5-2-6-10-16/h1-10,17-20H,11-14H2. The Morgan fingerprint density at radius 1 is 0.714 bits per heavy atom. The lowest BCUT2D eigenvalue weighted by molar-refractivity contribution is 0.0152. The van der Waals surface area contributed by atoms with E-state index in [-0.39, 0.29) is 49.2 Å². The lowest BCUT2D eigenvalue weighted by Crippen LogP contribution is -2.31. The maximum Gasteiger partial charge on any atom is 0.338 e. The molecule has 0 spiro atoms. The lowest BCUT2D eigenvalue weighted by Gasteiger charge is -2.17. The molecule has 2 aliphatic heterocycles. The second-order valence-electron chi connectivity index (χ2n) is 7.05. The van der Waals surface area contributed by atoms with Gasteiger partial charge in [-0.2, -0.15) is 0 Å². The molecule has 2 saturated heterocycles. The Balaban J connectivity index is 1.26. The Morgan fingerprint density at radius 3 is 1.50 bits per heavy atom. The summed E-state index contributed by atoms with van der Waals surface area (Å²) in [6, 6.07) is 17.8. The first-order valence-electron chi connectivity index (χ1n) is 9.40. The van der Waals surface area contributed by atoms with Crippen LogP contribution in [0, 0.1) is 11.8 Å². The van der Waals surface area contributed by atoms with Gasteiger partial charge in [-0.3, -0.25) is 0 Å². The molecule has 6 heteroatoms. The molecule has 0 radical (unpaired) electrons. The van der Waals surface area contributed by atoms with Gasteiger partial charge >= 0.3 is 11.9 Å². The first-order valence-corrected chi connectivity index (χ1v) is 9.40. The number of hydrogen-bond acceptors (Lipinski definition) is 6. The van der Waals surface area contributed by atoms with Gasteiger partial charge in [0.1, 0.15) is 0 Å². The molecule has 0 bridgehead atoms. The maximum atomic E-state index is 12.1. The molecule has 0 aliphatic carbocycles. The fourth-order valence-corrected chi connectivity index (χ4v) is 3.62. The van der Waals surface area contributed by atoms with Gasteiger partial charge in [-0.25, -0.2) is 9.59 Å². The molecule has 0 N–H and O–H groups in total. The van der Waals surface area contributed by atoms with Gasteiger partial charge in [0.05, 0.1) is 49.8 Å². The molecule has 2 aromatic carbocycles. The van der Waals surface area contributed by atoms with E-state index in [9.17, 15) is 9.59 Å². The SMILES string of the molecule is O=C(OCC1COC2C(COC(=O)c3ccccc3)COC12)c1ccccc1. The smallest absolute Gasteiger partial charge is 0.338 e. The number of carbonyl (C=O) groups excluding carboxylic acids is 2. The molecule has 28 heavy (non-hydrogen) atoms. The summed E-state index contributed by atoms with van der Waals surface area (Å²) in [6.07, 6.45) is -0.298. The molecule has 0 amide bonds. The van der Waals surface area contributed by atoms with E-state index < -0.39 is 0 Å². The van der Waals surface area contributed by atoms with Crippen molar-refractivity contribution in [2.75, 3.05) is 26.4 Å². The number of fused-ring (bicyclic) bond motifs is 1. The number of ether oxygens (including phenoxy) is 4. The van der Waals surface area contributed by atoms with Crippen LogP contribution >= 0.6 is 0 Å². The third-order valence-corrected chi connectivity index (χ3v) is 5.13. The van der Waals surface area contributed by atoms with Crippen molar-refractivity contribution in [1.82, 2.24) is 0 Å². The number of hydrogen-bond donors (Lipinski definition) is 0. The first-order chi connectivity index (χ1) is 13.7. The van der Waals surface area contributed by atoms with Crippen molar-refractivity contribution in [2.45, 2.75) is 12.2 Å². The molecule has 2 fully saturated rings. The van der Waals surface area contributed by atoms with Crippen molar-refractivity contribution in [2.24, 2.45) is 11.8 Å². The van der Waals surface area contributed by atoms with Crippen molar-refractivity contribution in [3.63, 3.8) is 0 Å². The van der Waals surface area contributed by atoms with E-state index in [4.69, 9.17) is 18.9 Å². The highest BCUT2D eigenvalue weighted by molar-refractivity contribution is 5.89. The van der Waals surface area contributed by atoms with Crippen LogP contribution in [-0.4, -0.2) is 50.6 Å². The van der Waals surface area contributed by atoms with E-state index in [1.54, 1.807) is 48.5 Å². The topological polar surface area (TPSA) is 71.1 Å². The normalized spacial score (nSPS) is 25.9. The second-order valence-corrected chi connectivity index (χ2v) is 7.05. The van der Waals surface area contributed by atoms with Gasteiger partial charge in [0.2, 0.25) is 0 Å². The van der Waals surface area contributed by atoms with Crippen LogP contribution in [-0.2, 0) is 18.9 Å². The quantitative estimate of drug-likeness (QED) is 0.716. The molecular formula is C22H22O6. The Kier molecular flexibility index (Phi) is 5.69. The summed E-state index contributed by atoms with van der Waals surface area (Å²) >= 11 is 0. The van der Waals surface area contributed by atoms with Crippen LogP contribution in [0.25, 0.3) is 0 Å². The average Bonchev–Trinajstić information content (AvgIpc) is 3.34. The van der Waals surface area contributed by atoms with Gasteiger partial charge in [-0.05, 0) is 24.3 Å². The zero-order valence-electron chi connectivity index (χ0n) is 15.4. The average molecular weight is 382 g/mol. The predicted molar refractivity (Wildman–Crippen MR) is 99.9 cm³/mol. The predicted octanol–water partition coefficient (Wildman–Crippen LogP) is 2.73. The van der Waals surface area contributed by atoms with Crippen LogP contribution in [0.1, 0.15) is 20.7 Å². The number of esters is 2. The van der Waals surface area contributed by atoms with Crippen molar-refractivity contribution in [1.29, 1.82) is 0 Å². The molecule has 146 valence electrons. The number of carbonyl (C=O) groups is 2. The summed E-state index contributed by atoms with van der Waals surface area (Å²) in [6.45, 7) is 1.40. The Hall–Kier alpha value is -2.70. The van der Waals surface area contributed by atoms with Crippen LogP contribution in [0.4, 0.5) is 0 Å². The molecule has 4 atom stereocenters. The Morgan fingerprint density at radius 2 is 1.11 bits per heavy atom. The highest BCUT2D eigenvalue weighted by atomic mass is 16.6. The van der Waals surface area contributed by atoms with E-state index in [1.807, 2.05) is 12.1 Å². The van der Waals surface area contributed by atoms with Crippen LogP contribution in [0.3, 0.4) is 0 Å². The van der Waals surface area contributed by atoms with Crippen molar-refractivity contribution >= 4 is 11.9 Å². The van der Waals surface area contributed by atoms with E-state index in [2.05, 4.69) is 0 Å². The first kappa shape index (κ1) is 18.7. The van der Waals surface area contributed by atoms with Gasteiger partial charge < -0.3 is 18.9 Å². The van der Waals surface area contributed by atoms with E-state index >= 15 is 0 Å². The largest absolute Gasteiger partial charge is 0.462 e. The highest BCUT2D eigenvalue weighted by Gasteiger charge is 2.48. The second kappa shape index (κ2) is 8.54. The molecule has 6 nitrogen and oxygen atoms in total. The maximum absolute atomic E-state index is 12.1. The third-order valence-electron chi connectivity index (χ3n) is 5.13. The summed E-state index contributed by atoms with van der Waals surface area (Å²) in [4.78, 5) is 24.2. The molecule has 2 heterocycles. The van der Waals surface area contributed by atoms with E-state index in [0.29, 0.717) is 24.3 Å². The third kappa shape index (κ3) is 4.08. The summed E-state index contributed by atoms with van der Waals surface area (Å²) in [5.74, 6) is -0.745. The zero-order valence-corrected chi connectivity index (χ0v) is 15.4. The molecule has 4 unspecified atom stereocenters. The van der Waals surface area contributed by atoms with Crippen LogP contribution in [0.2, 0.25) is 0 Å². The Bertz CT molecular complexity index is 737. The molecule has 0 saturated carbocycles. The lowest BCUT2D eigenvalue weighted by atomic mass is 9.97. The van der Waals surface area contributed by atoms with Gasteiger partial charge in [0.25, 0.3) is 0 Å². The summed E-state index contributed by atoms with van der Waals surface area (Å²) < 4.78 is 22.6. The number of rotatable bonds is 6. The monoisotopic (exact) mass is 382 g/mol. The van der Waals surface area contributed by atoms with E-state index in [0.717, 1.165) is 0 Å². The Labute approximate surface area is 163 Å². The summed E-state index contributed by atoms with van der Waals surface area (Å²) in [7, 11) is 0. The van der Waals surface area contributed by atoms with Gasteiger partial charge in [0, 0.05) is 11.8 Å². The fourth-order valence-electron chi connectivity index (χ4n) is 3.62. The van der Waals surface area contributed by atoms with E-state index in [1.165, 1.54) is 0 Å². The minimum absolute atomic E-state index is 0.0208. The highest BCUT2D eigenvalue weighted by Crippen LogP contribution is 2.35. The zero-order chi connectivity index (χ0) is 19.3. The van der Waals surface area contributed by atoms with Crippen LogP contribution in [0.5, 0.6) is 0 Å². The van der Waals surface area contributed by atoms with Gasteiger partial charge in [-0.1, -0.05) is 36.4 Å². The number of benzene rings is 2. The molecule has 0 aromatic heterocycles. The van der Waals surface area contributed by atoms with Crippen LogP contribution < -0.4 is 0 Å². The van der Waals surface area contributed by atoms with Gasteiger partial charge in [-0.15, -0.1) is 0 Å². The molecule has 2 aromatic rings. The summed E-state index contributed by atoms with van der Waals surface area (Å²) in [5, 5.41) is 0. The van der Waals surface area contributed by atoms with Crippen LogP contribution in [0.15, 0.2) is 60.7 Å². The minimum atomic E-state index is -0.351. The molecule has 4 rings (SSSR count). The fraction of sp³-hybridized carbons (Fsp3) is 0.364. The van der Waals surface area contributed by atoms with Crippen molar-refractivity contribution in [3.8, 4) is 0 Å². The molecule has 2 aliphatic rings.